The van der Waals surface area contributed by atoms with Gasteiger partial charge in [-0.3, -0.25) is 0 Å². The predicted octanol–water partition coefficient (Wildman–Crippen LogP) is 0.981. The van der Waals surface area contributed by atoms with Crippen LogP contribution in [0.1, 0.15) is 26.3 Å². The number of aromatic carboxylic acids is 2. The molecule has 1 aromatic rings. The van der Waals surface area contributed by atoms with Gasteiger partial charge in [0.1, 0.15) is 0 Å². The minimum atomic E-state index is -1.12. The highest BCUT2D eigenvalue weighted by Crippen LogP contribution is 2.09. The van der Waals surface area contributed by atoms with Gasteiger partial charge < -0.3 is 15.5 Å². The number of rotatable bonds is 2. The Kier molecular flexibility index (Phi) is 4.02. The third kappa shape index (κ3) is 4.10. The summed E-state index contributed by atoms with van der Waals surface area (Å²) in [5.41, 5.74) is 0.618. The summed E-state index contributed by atoms with van der Waals surface area (Å²) in [6, 6.07) is 3.99. The number of carboxylic acid groups (broad SMARTS) is 2. The van der Waals surface area contributed by atoms with E-state index in [0.29, 0.717) is 5.56 Å². The standard InChI is InChI=1S/C9H8O4.C2H5N/c1-5-2-6(8(10)11)4-7(3-5)9(12)13;1-2-3-1/h2-4H,1H3,(H,10,11)(H,12,13);3H,1-2H2. The second-order valence-corrected chi connectivity index (χ2v) is 3.45. The maximum atomic E-state index is 10.5. The van der Waals surface area contributed by atoms with Gasteiger partial charge in [0.25, 0.3) is 0 Å². The third-order valence-corrected chi connectivity index (χ3v) is 1.82. The molecule has 0 amide bonds. The van der Waals surface area contributed by atoms with E-state index in [-0.39, 0.29) is 11.1 Å². The lowest BCUT2D eigenvalue weighted by molar-refractivity contribution is 0.0696. The van der Waals surface area contributed by atoms with Gasteiger partial charge in [-0.25, -0.2) is 9.59 Å². The Morgan fingerprint density at radius 3 is 1.69 bits per heavy atom. The fraction of sp³-hybridized carbons (Fsp3) is 0.273. The molecular weight excluding hydrogens is 210 g/mol. The maximum Gasteiger partial charge on any atom is 0.335 e. The summed E-state index contributed by atoms with van der Waals surface area (Å²) in [5, 5.41) is 20.2. The maximum absolute atomic E-state index is 10.5. The Bertz CT molecular complexity index is 377. The van der Waals surface area contributed by atoms with Gasteiger partial charge in [-0.15, -0.1) is 0 Å². The molecule has 16 heavy (non-hydrogen) atoms. The number of nitrogens with one attached hydrogen (secondary N) is 1. The van der Waals surface area contributed by atoms with Crippen molar-refractivity contribution in [1.29, 1.82) is 0 Å². The number of benzene rings is 1. The number of carbonyl (C=O) groups is 2. The number of aryl methyl sites for hydroxylation is 1. The molecule has 0 spiro atoms. The van der Waals surface area contributed by atoms with Crippen LogP contribution in [0.25, 0.3) is 0 Å². The van der Waals surface area contributed by atoms with E-state index < -0.39 is 11.9 Å². The van der Waals surface area contributed by atoms with E-state index in [1.807, 2.05) is 0 Å². The van der Waals surface area contributed by atoms with Gasteiger partial charge in [0.05, 0.1) is 11.1 Å². The molecule has 5 nitrogen and oxygen atoms in total. The molecule has 1 saturated heterocycles. The van der Waals surface area contributed by atoms with Crippen molar-refractivity contribution in [2.75, 3.05) is 13.1 Å². The van der Waals surface area contributed by atoms with Crippen LogP contribution in [0.3, 0.4) is 0 Å². The molecule has 2 rings (SSSR count). The Morgan fingerprint density at radius 2 is 1.44 bits per heavy atom. The highest BCUT2D eigenvalue weighted by atomic mass is 16.4. The molecule has 5 heteroatoms. The first kappa shape index (κ1) is 12.2. The quantitative estimate of drug-likeness (QED) is 0.649. The van der Waals surface area contributed by atoms with E-state index in [1.54, 1.807) is 6.92 Å². The van der Waals surface area contributed by atoms with Gasteiger partial charge in [0, 0.05) is 13.1 Å². The highest BCUT2D eigenvalue weighted by Gasteiger charge is 2.09. The Labute approximate surface area is 92.7 Å². The van der Waals surface area contributed by atoms with Crippen molar-refractivity contribution in [1.82, 2.24) is 5.32 Å². The van der Waals surface area contributed by atoms with Crippen molar-refractivity contribution >= 4 is 11.9 Å². The molecule has 86 valence electrons. The summed E-state index contributed by atoms with van der Waals surface area (Å²) >= 11 is 0. The van der Waals surface area contributed by atoms with Crippen LogP contribution >= 0.6 is 0 Å². The van der Waals surface area contributed by atoms with Crippen molar-refractivity contribution < 1.29 is 19.8 Å². The first-order chi connectivity index (χ1) is 7.50. The van der Waals surface area contributed by atoms with Crippen LogP contribution in [-0.4, -0.2) is 35.2 Å². The number of carboxylic acids is 2. The zero-order chi connectivity index (χ0) is 12.1. The molecule has 0 unspecified atom stereocenters. The van der Waals surface area contributed by atoms with Gasteiger partial charge in [-0.2, -0.15) is 0 Å². The van der Waals surface area contributed by atoms with E-state index in [9.17, 15) is 9.59 Å². The molecule has 1 aromatic carbocycles. The molecule has 0 atom stereocenters. The van der Waals surface area contributed by atoms with Crippen LogP contribution in [0.2, 0.25) is 0 Å². The Morgan fingerprint density at radius 1 is 1.06 bits per heavy atom. The molecule has 1 heterocycles. The van der Waals surface area contributed by atoms with Crippen molar-refractivity contribution in [3.63, 3.8) is 0 Å². The normalized spacial score (nSPS) is 12.3. The van der Waals surface area contributed by atoms with Crippen molar-refractivity contribution in [2.45, 2.75) is 6.92 Å². The summed E-state index contributed by atoms with van der Waals surface area (Å²) in [6.07, 6.45) is 0. The van der Waals surface area contributed by atoms with E-state index in [2.05, 4.69) is 5.32 Å². The molecular formula is C11H13NO4. The van der Waals surface area contributed by atoms with E-state index in [4.69, 9.17) is 10.2 Å². The summed E-state index contributed by atoms with van der Waals surface area (Å²) in [5.74, 6) is -2.24. The van der Waals surface area contributed by atoms with Crippen LogP contribution in [0, 0.1) is 6.92 Å². The van der Waals surface area contributed by atoms with Crippen LogP contribution < -0.4 is 5.32 Å². The molecule has 1 aliphatic rings. The average Bonchev–Trinajstić information content (AvgIpc) is 3.03. The monoisotopic (exact) mass is 223 g/mol. The Hall–Kier alpha value is -1.88. The fourth-order valence-corrected chi connectivity index (χ4v) is 1.03. The first-order valence-corrected chi connectivity index (χ1v) is 4.79. The summed E-state index contributed by atoms with van der Waals surface area (Å²) in [4.78, 5) is 21.1. The zero-order valence-corrected chi connectivity index (χ0v) is 8.86. The van der Waals surface area contributed by atoms with Crippen molar-refractivity contribution in [3.05, 3.63) is 34.9 Å². The van der Waals surface area contributed by atoms with Crippen LogP contribution in [0.15, 0.2) is 18.2 Å². The second kappa shape index (κ2) is 5.27. The minimum Gasteiger partial charge on any atom is -0.478 e. The van der Waals surface area contributed by atoms with Crippen LogP contribution in [0.4, 0.5) is 0 Å². The summed E-state index contributed by atoms with van der Waals surface area (Å²) in [7, 11) is 0. The first-order valence-electron chi connectivity index (χ1n) is 4.79. The smallest absolute Gasteiger partial charge is 0.335 e. The lowest BCUT2D eigenvalue weighted by atomic mass is 10.1. The summed E-state index contributed by atoms with van der Waals surface area (Å²) in [6.45, 7) is 4.15. The van der Waals surface area contributed by atoms with Gasteiger partial charge in [0.2, 0.25) is 0 Å². The van der Waals surface area contributed by atoms with E-state index in [0.717, 1.165) is 6.07 Å². The lowest BCUT2D eigenvalue weighted by Gasteiger charge is -1.99. The number of hydrogen-bond donors (Lipinski definition) is 3. The van der Waals surface area contributed by atoms with Crippen LogP contribution in [-0.2, 0) is 0 Å². The third-order valence-electron chi connectivity index (χ3n) is 1.82. The van der Waals surface area contributed by atoms with E-state index >= 15 is 0 Å². The molecule has 3 N–H and O–H groups in total. The molecule has 1 aliphatic heterocycles. The van der Waals surface area contributed by atoms with Crippen molar-refractivity contribution in [2.24, 2.45) is 0 Å². The van der Waals surface area contributed by atoms with Crippen LogP contribution in [0.5, 0.6) is 0 Å². The second-order valence-electron chi connectivity index (χ2n) is 3.45. The SMILES string of the molecule is C1CN1.Cc1cc(C(=O)O)cc(C(=O)O)c1. The molecule has 0 aromatic heterocycles. The fourth-order valence-electron chi connectivity index (χ4n) is 1.03. The molecule has 0 aliphatic carbocycles. The van der Waals surface area contributed by atoms with Crippen molar-refractivity contribution in [3.8, 4) is 0 Å². The van der Waals surface area contributed by atoms with E-state index in [1.165, 1.54) is 25.2 Å². The van der Waals surface area contributed by atoms with Gasteiger partial charge >= 0.3 is 11.9 Å². The molecule has 0 saturated carbocycles. The van der Waals surface area contributed by atoms with Gasteiger partial charge in [0.15, 0.2) is 0 Å². The topological polar surface area (TPSA) is 96.5 Å². The molecule has 0 radical (unpaired) electrons. The highest BCUT2D eigenvalue weighted by molar-refractivity contribution is 5.94. The van der Waals surface area contributed by atoms with Gasteiger partial charge in [-0.1, -0.05) is 0 Å². The average molecular weight is 223 g/mol. The largest absolute Gasteiger partial charge is 0.478 e. The van der Waals surface area contributed by atoms with Gasteiger partial charge in [-0.05, 0) is 30.7 Å². The summed E-state index contributed by atoms with van der Waals surface area (Å²) < 4.78 is 0. The number of hydrogen-bond acceptors (Lipinski definition) is 3. The molecule has 0 bridgehead atoms. The zero-order valence-electron chi connectivity index (χ0n) is 8.86. The molecule has 1 fully saturated rings. The lowest BCUT2D eigenvalue weighted by Crippen LogP contribution is -2.02. The Balaban J connectivity index is 0.000000365. The predicted molar refractivity (Wildman–Crippen MR) is 58.0 cm³/mol. The minimum absolute atomic E-state index is 0.00241.